The molecule has 2 N–H and O–H groups in total. The molecule has 0 saturated carbocycles. The van der Waals surface area contributed by atoms with Crippen LogP contribution in [0.1, 0.15) is 0 Å². The summed E-state index contributed by atoms with van der Waals surface area (Å²) >= 11 is 1.51. The van der Waals surface area contributed by atoms with Crippen LogP contribution in [0, 0.1) is 0 Å². The van der Waals surface area contributed by atoms with Crippen LogP contribution in [0.5, 0.6) is 0 Å². The molecule has 1 fully saturated rings. The first-order valence-electron chi connectivity index (χ1n) is 5.94. The lowest BCUT2D eigenvalue weighted by Gasteiger charge is -2.39. The average molecular weight is 275 g/mol. The van der Waals surface area contributed by atoms with Gasteiger partial charge in [-0.05, 0) is 23.6 Å². The van der Waals surface area contributed by atoms with Crippen LogP contribution in [-0.4, -0.2) is 40.0 Å². The Morgan fingerprint density at radius 2 is 2.11 bits per heavy atom. The standard InChI is InChI=1S/C12H13N5OS/c18-12(16-10-3-1-6-19-10)17-7-9(8-17)15-11-13-4-2-5-14-11/h1-6,9H,7-8H2,(H,16,18)(H,13,14,15). The number of urea groups is 1. The van der Waals surface area contributed by atoms with Gasteiger partial charge < -0.3 is 10.2 Å². The first-order chi connectivity index (χ1) is 9.31. The second-order valence-electron chi connectivity index (χ2n) is 4.23. The molecular weight excluding hydrogens is 262 g/mol. The molecule has 3 rings (SSSR count). The smallest absolute Gasteiger partial charge is 0.322 e. The number of nitrogens with one attached hydrogen (secondary N) is 2. The number of likely N-dealkylation sites (tertiary alicyclic amines) is 1. The highest BCUT2D eigenvalue weighted by Crippen LogP contribution is 2.18. The molecule has 0 unspecified atom stereocenters. The molecule has 2 amide bonds. The van der Waals surface area contributed by atoms with Crippen molar-refractivity contribution in [1.82, 2.24) is 14.9 Å². The summed E-state index contributed by atoms with van der Waals surface area (Å²) in [6.07, 6.45) is 3.38. The molecule has 6 nitrogen and oxygen atoms in total. The molecule has 1 saturated heterocycles. The Labute approximate surface area is 114 Å². The number of aromatic nitrogens is 2. The molecule has 19 heavy (non-hydrogen) atoms. The fourth-order valence-corrected chi connectivity index (χ4v) is 2.43. The first kappa shape index (κ1) is 11.9. The highest BCUT2D eigenvalue weighted by molar-refractivity contribution is 7.14. The Kier molecular flexibility index (Phi) is 3.28. The fourth-order valence-electron chi connectivity index (χ4n) is 1.83. The SMILES string of the molecule is O=C(Nc1cccs1)N1CC(Nc2ncccn2)C1. The van der Waals surface area contributed by atoms with E-state index in [-0.39, 0.29) is 12.1 Å². The molecule has 3 heterocycles. The molecule has 2 aromatic heterocycles. The van der Waals surface area contributed by atoms with E-state index >= 15 is 0 Å². The Balaban J connectivity index is 1.46. The van der Waals surface area contributed by atoms with Crippen LogP contribution in [0.2, 0.25) is 0 Å². The number of anilines is 2. The number of amides is 2. The second-order valence-corrected chi connectivity index (χ2v) is 5.17. The van der Waals surface area contributed by atoms with Crippen LogP contribution >= 0.6 is 11.3 Å². The molecule has 0 aliphatic carbocycles. The molecule has 1 aliphatic rings. The predicted molar refractivity (Wildman–Crippen MR) is 74.4 cm³/mol. The molecule has 0 spiro atoms. The molecule has 98 valence electrons. The molecule has 0 atom stereocenters. The lowest BCUT2D eigenvalue weighted by Crippen LogP contribution is -2.58. The van der Waals surface area contributed by atoms with Crippen molar-refractivity contribution in [2.75, 3.05) is 23.7 Å². The maximum Gasteiger partial charge on any atom is 0.322 e. The van der Waals surface area contributed by atoms with Crippen molar-refractivity contribution in [3.8, 4) is 0 Å². The quantitative estimate of drug-likeness (QED) is 0.897. The number of hydrogen-bond acceptors (Lipinski definition) is 5. The third kappa shape index (κ3) is 2.82. The number of hydrogen-bond donors (Lipinski definition) is 2. The summed E-state index contributed by atoms with van der Waals surface area (Å²) in [5, 5.41) is 8.84. The number of carbonyl (C=O) groups excluding carboxylic acids is 1. The highest BCUT2D eigenvalue weighted by atomic mass is 32.1. The van der Waals surface area contributed by atoms with E-state index in [1.54, 1.807) is 23.4 Å². The summed E-state index contributed by atoms with van der Waals surface area (Å²) in [7, 11) is 0. The minimum absolute atomic E-state index is 0.0607. The van der Waals surface area contributed by atoms with Gasteiger partial charge in [0.1, 0.15) is 0 Å². The number of carbonyl (C=O) groups is 1. The Bertz CT molecular complexity index is 539. The van der Waals surface area contributed by atoms with Gasteiger partial charge in [0.25, 0.3) is 0 Å². The molecular formula is C12H13N5OS. The third-order valence-electron chi connectivity index (χ3n) is 2.82. The van der Waals surface area contributed by atoms with E-state index in [9.17, 15) is 4.79 Å². The Hall–Kier alpha value is -2.15. The second kappa shape index (κ2) is 5.23. The van der Waals surface area contributed by atoms with Crippen molar-refractivity contribution >= 4 is 28.3 Å². The van der Waals surface area contributed by atoms with Gasteiger partial charge >= 0.3 is 6.03 Å². The molecule has 7 heteroatoms. The van der Waals surface area contributed by atoms with Crippen LogP contribution < -0.4 is 10.6 Å². The van der Waals surface area contributed by atoms with Crippen molar-refractivity contribution in [2.24, 2.45) is 0 Å². The third-order valence-corrected chi connectivity index (χ3v) is 3.60. The monoisotopic (exact) mass is 275 g/mol. The van der Waals surface area contributed by atoms with Gasteiger partial charge in [0.05, 0.1) is 11.0 Å². The summed E-state index contributed by atoms with van der Waals surface area (Å²) in [6, 6.07) is 5.72. The van der Waals surface area contributed by atoms with Crippen LogP contribution in [-0.2, 0) is 0 Å². The van der Waals surface area contributed by atoms with Gasteiger partial charge in [-0.25, -0.2) is 14.8 Å². The minimum atomic E-state index is -0.0607. The lowest BCUT2D eigenvalue weighted by molar-refractivity contribution is 0.171. The summed E-state index contributed by atoms with van der Waals surface area (Å²) in [5.74, 6) is 0.603. The zero-order chi connectivity index (χ0) is 13.1. The van der Waals surface area contributed by atoms with Gasteiger partial charge in [-0.2, -0.15) is 0 Å². The lowest BCUT2D eigenvalue weighted by atomic mass is 10.1. The zero-order valence-corrected chi connectivity index (χ0v) is 10.9. The molecule has 0 radical (unpaired) electrons. The topological polar surface area (TPSA) is 70.2 Å². The van der Waals surface area contributed by atoms with Gasteiger partial charge in [0.2, 0.25) is 5.95 Å². The van der Waals surface area contributed by atoms with Crippen molar-refractivity contribution in [3.05, 3.63) is 36.0 Å². The van der Waals surface area contributed by atoms with Crippen LogP contribution in [0.15, 0.2) is 36.0 Å². The van der Waals surface area contributed by atoms with Gasteiger partial charge in [0.15, 0.2) is 0 Å². The van der Waals surface area contributed by atoms with E-state index in [1.165, 1.54) is 11.3 Å². The first-order valence-corrected chi connectivity index (χ1v) is 6.82. The predicted octanol–water partition coefficient (Wildman–Crippen LogP) is 1.87. The summed E-state index contributed by atoms with van der Waals surface area (Å²) in [6.45, 7) is 1.32. The zero-order valence-electron chi connectivity index (χ0n) is 10.1. The normalized spacial score (nSPS) is 14.8. The Morgan fingerprint density at radius 3 is 2.79 bits per heavy atom. The summed E-state index contributed by atoms with van der Waals surface area (Å²) < 4.78 is 0. The summed E-state index contributed by atoms with van der Waals surface area (Å²) in [5.41, 5.74) is 0. The largest absolute Gasteiger partial charge is 0.348 e. The molecule has 0 bridgehead atoms. The van der Waals surface area contributed by atoms with Gasteiger partial charge in [0, 0.05) is 25.5 Å². The van der Waals surface area contributed by atoms with Gasteiger partial charge in [-0.1, -0.05) is 0 Å². The molecule has 2 aromatic rings. The number of nitrogens with zero attached hydrogens (tertiary/aromatic N) is 3. The van der Waals surface area contributed by atoms with Crippen LogP contribution in [0.3, 0.4) is 0 Å². The van der Waals surface area contributed by atoms with Gasteiger partial charge in [-0.15, -0.1) is 11.3 Å². The molecule has 0 aromatic carbocycles. The van der Waals surface area contributed by atoms with Gasteiger partial charge in [-0.3, -0.25) is 5.32 Å². The highest BCUT2D eigenvalue weighted by Gasteiger charge is 2.31. The average Bonchev–Trinajstić information content (AvgIpc) is 2.87. The van der Waals surface area contributed by atoms with Crippen molar-refractivity contribution < 1.29 is 4.79 Å². The maximum absolute atomic E-state index is 11.9. The number of thiophene rings is 1. The minimum Gasteiger partial charge on any atom is -0.348 e. The van der Waals surface area contributed by atoms with E-state index in [1.807, 2.05) is 17.5 Å². The summed E-state index contributed by atoms with van der Waals surface area (Å²) in [4.78, 5) is 21.8. The fraction of sp³-hybridized carbons (Fsp3) is 0.250. The number of rotatable bonds is 3. The van der Waals surface area contributed by atoms with Crippen molar-refractivity contribution in [3.63, 3.8) is 0 Å². The van der Waals surface area contributed by atoms with E-state index in [4.69, 9.17) is 0 Å². The van der Waals surface area contributed by atoms with E-state index in [0.717, 1.165) is 5.00 Å². The molecule has 1 aliphatic heterocycles. The van der Waals surface area contributed by atoms with Crippen LogP contribution in [0.4, 0.5) is 15.7 Å². The van der Waals surface area contributed by atoms with E-state index in [0.29, 0.717) is 19.0 Å². The van der Waals surface area contributed by atoms with Crippen molar-refractivity contribution in [2.45, 2.75) is 6.04 Å². The van der Waals surface area contributed by atoms with Crippen LogP contribution in [0.25, 0.3) is 0 Å². The van der Waals surface area contributed by atoms with Crippen molar-refractivity contribution in [1.29, 1.82) is 0 Å². The maximum atomic E-state index is 11.9. The van der Waals surface area contributed by atoms with E-state index in [2.05, 4.69) is 20.6 Å². The van der Waals surface area contributed by atoms with E-state index < -0.39 is 0 Å². The Morgan fingerprint density at radius 1 is 1.32 bits per heavy atom.